The van der Waals surface area contributed by atoms with Crippen molar-refractivity contribution in [1.29, 1.82) is 0 Å². The van der Waals surface area contributed by atoms with Gasteiger partial charge in [0.25, 0.3) is 5.91 Å². The average molecular weight is 273 g/mol. The second-order valence-corrected chi connectivity index (χ2v) is 5.58. The number of hydrazone groups is 1. The molecule has 0 aromatic heterocycles. The maximum atomic E-state index is 11.8. The molecule has 0 saturated heterocycles. The number of nitrogens with one attached hydrogen (secondary N) is 2. The number of hydrogen-bond acceptors (Lipinski definition) is 3. The van der Waals surface area contributed by atoms with Gasteiger partial charge in [0.1, 0.15) is 0 Å². The van der Waals surface area contributed by atoms with Crippen molar-refractivity contribution < 1.29 is 4.79 Å². The first kappa shape index (κ1) is 14.6. The lowest BCUT2D eigenvalue weighted by Crippen LogP contribution is -2.28. The van der Waals surface area contributed by atoms with Gasteiger partial charge in [0.2, 0.25) is 0 Å². The summed E-state index contributed by atoms with van der Waals surface area (Å²) in [7, 11) is 0. The van der Waals surface area contributed by atoms with Crippen LogP contribution in [-0.2, 0) is 4.79 Å². The van der Waals surface area contributed by atoms with Gasteiger partial charge in [0.05, 0.1) is 6.54 Å². The van der Waals surface area contributed by atoms with Gasteiger partial charge in [-0.1, -0.05) is 25.1 Å². The summed E-state index contributed by atoms with van der Waals surface area (Å²) in [5.74, 6) is 0.587. The number of carbonyl (C=O) groups is 1. The molecule has 0 spiro atoms. The Hall–Kier alpha value is -1.84. The van der Waals surface area contributed by atoms with E-state index in [2.05, 4.69) is 22.8 Å². The summed E-state index contributed by atoms with van der Waals surface area (Å²) in [6.07, 6.45) is 4.46. The molecule has 1 amide bonds. The van der Waals surface area contributed by atoms with Gasteiger partial charge in [-0.05, 0) is 50.2 Å². The number of nitrogens with zero attached hydrogens (tertiary/aromatic N) is 1. The lowest BCUT2D eigenvalue weighted by atomic mass is 9.89. The Bertz CT molecular complexity index is 496. The predicted molar refractivity (Wildman–Crippen MR) is 82.9 cm³/mol. The average Bonchev–Trinajstić information content (AvgIpc) is 2.44. The molecular formula is C16H23N3O. The predicted octanol–water partition coefficient (Wildman–Crippen LogP) is 3.09. The Labute approximate surface area is 120 Å². The molecule has 0 heterocycles. The third-order valence-corrected chi connectivity index (χ3v) is 3.67. The highest BCUT2D eigenvalue weighted by Crippen LogP contribution is 2.20. The second kappa shape index (κ2) is 7.08. The van der Waals surface area contributed by atoms with Crippen LogP contribution in [0.5, 0.6) is 0 Å². The van der Waals surface area contributed by atoms with Crippen LogP contribution in [0.2, 0.25) is 0 Å². The van der Waals surface area contributed by atoms with E-state index in [0.29, 0.717) is 5.92 Å². The summed E-state index contributed by atoms with van der Waals surface area (Å²) >= 11 is 0. The highest BCUT2D eigenvalue weighted by molar-refractivity contribution is 5.88. The van der Waals surface area contributed by atoms with E-state index in [0.717, 1.165) is 29.8 Å². The van der Waals surface area contributed by atoms with Crippen molar-refractivity contribution in [3.63, 3.8) is 0 Å². The number of rotatable bonds is 4. The third-order valence-electron chi connectivity index (χ3n) is 3.67. The van der Waals surface area contributed by atoms with E-state index in [-0.39, 0.29) is 12.5 Å². The van der Waals surface area contributed by atoms with Crippen LogP contribution < -0.4 is 10.7 Å². The van der Waals surface area contributed by atoms with Gasteiger partial charge >= 0.3 is 0 Å². The normalized spacial score (nSPS) is 20.7. The van der Waals surface area contributed by atoms with Crippen LogP contribution >= 0.6 is 0 Å². The van der Waals surface area contributed by atoms with Gasteiger partial charge in [-0.2, -0.15) is 5.10 Å². The van der Waals surface area contributed by atoms with E-state index in [9.17, 15) is 4.79 Å². The molecule has 4 nitrogen and oxygen atoms in total. The fraction of sp³-hybridized carbons (Fsp3) is 0.500. The smallest absolute Gasteiger partial charge is 0.259 e. The number of amides is 1. The molecule has 4 heteroatoms. The van der Waals surface area contributed by atoms with Crippen molar-refractivity contribution in [3.8, 4) is 0 Å². The van der Waals surface area contributed by atoms with Gasteiger partial charge < -0.3 is 5.32 Å². The van der Waals surface area contributed by atoms with Gasteiger partial charge in [-0.25, -0.2) is 5.43 Å². The first-order chi connectivity index (χ1) is 9.65. The summed E-state index contributed by atoms with van der Waals surface area (Å²) in [6.45, 7) is 4.50. The molecular weight excluding hydrogens is 250 g/mol. The maximum Gasteiger partial charge on any atom is 0.259 e. The van der Waals surface area contributed by atoms with Crippen LogP contribution in [0.1, 0.15) is 38.2 Å². The minimum atomic E-state index is -0.0982. The molecule has 2 N–H and O–H groups in total. The highest BCUT2D eigenvalue weighted by atomic mass is 16.2. The SMILES string of the molecule is Cc1ccccc1NCC(=O)N/N=C1\CCC[C@H](C)C1. The highest BCUT2D eigenvalue weighted by Gasteiger charge is 2.14. The molecule has 1 aliphatic carbocycles. The summed E-state index contributed by atoms with van der Waals surface area (Å²) in [5.41, 5.74) is 5.89. The number of benzene rings is 1. The molecule has 1 aliphatic rings. The molecule has 1 saturated carbocycles. The molecule has 20 heavy (non-hydrogen) atoms. The van der Waals surface area contributed by atoms with E-state index in [4.69, 9.17) is 0 Å². The Kier molecular flexibility index (Phi) is 5.16. The lowest BCUT2D eigenvalue weighted by Gasteiger charge is -2.19. The van der Waals surface area contributed by atoms with Gasteiger partial charge in [0.15, 0.2) is 0 Å². The van der Waals surface area contributed by atoms with Crippen LogP contribution in [0.15, 0.2) is 29.4 Å². The van der Waals surface area contributed by atoms with Crippen molar-refractivity contribution in [2.75, 3.05) is 11.9 Å². The quantitative estimate of drug-likeness (QED) is 0.828. The van der Waals surface area contributed by atoms with Crippen LogP contribution in [0.25, 0.3) is 0 Å². The lowest BCUT2D eigenvalue weighted by molar-refractivity contribution is -0.119. The fourth-order valence-corrected chi connectivity index (χ4v) is 2.49. The van der Waals surface area contributed by atoms with Crippen molar-refractivity contribution in [2.45, 2.75) is 39.5 Å². The first-order valence-electron chi connectivity index (χ1n) is 7.29. The minimum absolute atomic E-state index is 0.0982. The zero-order valence-electron chi connectivity index (χ0n) is 12.3. The largest absolute Gasteiger partial charge is 0.376 e. The van der Waals surface area contributed by atoms with Crippen LogP contribution in [0.4, 0.5) is 5.69 Å². The molecule has 108 valence electrons. The number of anilines is 1. The Morgan fingerprint density at radius 2 is 2.20 bits per heavy atom. The number of hydrogen-bond donors (Lipinski definition) is 2. The van der Waals surface area contributed by atoms with Gasteiger partial charge in [0, 0.05) is 11.4 Å². The Morgan fingerprint density at radius 3 is 2.95 bits per heavy atom. The van der Waals surface area contributed by atoms with Crippen molar-refractivity contribution >= 4 is 17.3 Å². The monoisotopic (exact) mass is 273 g/mol. The fourth-order valence-electron chi connectivity index (χ4n) is 2.49. The van der Waals surface area contributed by atoms with E-state index in [1.165, 1.54) is 12.8 Å². The molecule has 2 rings (SSSR count). The van der Waals surface area contributed by atoms with E-state index < -0.39 is 0 Å². The minimum Gasteiger partial charge on any atom is -0.376 e. The first-order valence-corrected chi connectivity index (χ1v) is 7.29. The molecule has 1 atom stereocenters. The molecule has 0 radical (unpaired) electrons. The van der Waals surface area contributed by atoms with Crippen LogP contribution in [-0.4, -0.2) is 18.2 Å². The van der Waals surface area contributed by atoms with Gasteiger partial charge in [-0.3, -0.25) is 4.79 Å². The van der Waals surface area contributed by atoms with Crippen LogP contribution in [0, 0.1) is 12.8 Å². The van der Waals surface area contributed by atoms with Crippen molar-refractivity contribution in [3.05, 3.63) is 29.8 Å². The molecule has 0 bridgehead atoms. The molecule has 1 fully saturated rings. The summed E-state index contributed by atoms with van der Waals surface area (Å²) < 4.78 is 0. The summed E-state index contributed by atoms with van der Waals surface area (Å²) in [5, 5.41) is 7.37. The second-order valence-electron chi connectivity index (χ2n) is 5.58. The molecule has 1 aromatic rings. The number of carbonyl (C=O) groups excluding carboxylic acids is 1. The van der Waals surface area contributed by atoms with E-state index >= 15 is 0 Å². The van der Waals surface area contributed by atoms with Crippen molar-refractivity contribution in [2.24, 2.45) is 11.0 Å². The maximum absolute atomic E-state index is 11.8. The zero-order chi connectivity index (χ0) is 14.4. The van der Waals surface area contributed by atoms with E-state index in [1.807, 2.05) is 31.2 Å². The van der Waals surface area contributed by atoms with Gasteiger partial charge in [-0.15, -0.1) is 0 Å². The van der Waals surface area contributed by atoms with E-state index in [1.54, 1.807) is 0 Å². The summed E-state index contributed by atoms with van der Waals surface area (Å²) in [4.78, 5) is 11.8. The molecule has 0 aliphatic heterocycles. The number of para-hydroxylation sites is 1. The third kappa shape index (κ3) is 4.37. The standard InChI is InChI=1S/C16H23N3O/c1-12-6-5-8-14(10-12)18-19-16(20)11-17-15-9-4-3-7-13(15)2/h3-4,7,9,12,17H,5-6,8,10-11H2,1-2H3,(H,19,20)/b18-14+/t12-/m0/s1. The zero-order valence-corrected chi connectivity index (χ0v) is 12.3. The summed E-state index contributed by atoms with van der Waals surface area (Å²) in [6, 6.07) is 7.93. The Morgan fingerprint density at radius 1 is 1.40 bits per heavy atom. The number of aryl methyl sites for hydroxylation is 1. The molecule has 0 unspecified atom stereocenters. The van der Waals surface area contributed by atoms with Crippen LogP contribution in [0.3, 0.4) is 0 Å². The Balaban J connectivity index is 1.78. The topological polar surface area (TPSA) is 53.5 Å². The van der Waals surface area contributed by atoms with Crippen molar-refractivity contribution in [1.82, 2.24) is 5.43 Å². The molecule has 1 aromatic carbocycles.